The van der Waals surface area contributed by atoms with Crippen LogP contribution in [0.1, 0.15) is 64.7 Å². The lowest BCUT2D eigenvalue weighted by Gasteiger charge is -2.39. The van der Waals surface area contributed by atoms with E-state index in [2.05, 4.69) is 24.2 Å². The van der Waals surface area contributed by atoms with E-state index in [-0.39, 0.29) is 0 Å². The van der Waals surface area contributed by atoms with Crippen molar-refractivity contribution in [2.45, 2.75) is 76.8 Å². The van der Waals surface area contributed by atoms with Gasteiger partial charge in [-0.3, -0.25) is 0 Å². The lowest BCUT2D eigenvalue weighted by Crippen LogP contribution is -2.45. The van der Waals surface area contributed by atoms with E-state index >= 15 is 0 Å². The Balaban J connectivity index is 1.87. The van der Waals surface area contributed by atoms with Gasteiger partial charge in [-0.15, -0.1) is 0 Å². The molecule has 0 radical (unpaired) electrons. The Morgan fingerprint density at radius 2 is 2.05 bits per heavy atom. The van der Waals surface area contributed by atoms with Crippen LogP contribution < -0.4 is 5.32 Å². The van der Waals surface area contributed by atoms with E-state index in [1.165, 1.54) is 64.5 Å². The number of hydrogen-bond acceptors (Lipinski definition) is 3. The first-order valence-electron chi connectivity index (χ1n) is 9.30. The molecular formula is C18H36N2O. The van der Waals surface area contributed by atoms with Crippen LogP contribution in [0.5, 0.6) is 0 Å². The highest BCUT2D eigenvalue weighted by atomic mass is 16.2. The van der Waals surface area contributed by atoms with E-state index in [9.17, 15) is 0 Å². The summed E-state index contributed by atoms with van der Waals surface area (Å²) in [6.07, 6.45) is 11.8. The van der Waals surface area contributed by atoms with E-state index in [0.29, 0.717) is 6.61 Å². The van der Waals surface area contributed by atoms with Crippen LogP contribution in [-0.2, 0) is 0 Å². The van der Waals surface area contributed by atoms with Gasteiger partial charge in [0.15, 0.2) is 0 Å². The first-order valence-corrected chi connectivity index (χ1v) is 9.30. The second kappa shape index (κ2) is 9.12. The van der Waals surface area contributed by atoms with Gasteiger partial charge in [0.05, 0.1) is 0 Å². The zero-order valence-corrected chi connectivity index (χ0v) is 14.2. The standard InChI is InChI=1S/C18H36N2O/c1-3-6-15-9-10-18(19-2)16(13-15)14-20-11-4-7-17(20)8-5-12-21/h15-19,21H,3-14H2,1-2H3. The molecule has 2 fully saturated rings. The molecule has 1 aliphatic carbocycles. The molecule has 2 aliphatic rings. The van der Waals surface area contributed by atoms with Gasteiger partial charge >= 0.3 is 0 Å². The molecule has 1 saturated heterocycles. The van der Waals surface area contributed by atoms with Crippen molar-refractivity contribution < 1.29 is 5.11 Å². The van der Waals surface area contributed by atoms with Gasteiger partial charge in [-0.25, -0.2) is 0 Å². The van der Waals surface area contributed by atoms with Crippen molar-refractivity contribution in [2.75, 3.05) is 26.7 Å². The molecule has 0 bridgehead atoms. The lowest BCUT2D eigenvalue weighted by atomic mass is 9.76. The normalized spacial score (nSPS) is 34.4. The third-order valence-corrected chi connectivity index (χ3v) is 5.82. The van der Waals surface area contributed by atoms with E-state index in [1.54, 1.807) is 0 Å². The van der Waals surface area contributed by atoms with Crippen LogP contribution in [-0.4, -0.2) is 48.8 Å². The second-order valence-electron chi connectivity index (χ2n) is 7.28. The highest BCUT2D eigenvalue weighted by Crippen LogP contribution is 2.34. The average Bonchev–Trinajstić information content (AvgIpc) is 2.93. The number of nitrogens with zero attached hydrogens (tertiary/aromatic N) is 1. The summed E-state index contributed by atoms with van der Waals surface area (Å²) < 4.78 is 0. The smallest absolute Gasteiger partial charge is 0.0431 e. The van der Waals surface area contributed by atoms with E-state index in [0.717, 1.165) is 30.3 Å². The SMILES string of the molecule is CCCC1CCC(NC)C(CN2CCCC2CCCO)C1. The zero-order chi connectivity index (χ0) is 15.1. The number of rotatable bonds is 8. The van der Waals surface area contributed by atoms with Gasteiger partial charge in [0.1, 0.15) is 0 Å². The molecule has 124 valence electrons. The van der Waals surface area contributed by atoms with Crippen molar-refractivity contribution >= 4 is 0 Å². The number of aliphatic hydroxyl groups is 1. The minimum atomic E-state index is 0.353. The predicted octanol–water partition coefficient (Wildman–Crippen LogP) is 3.03. The molecule has 21 heavy (non-hydrogen) atoms. The topological polar surface area (TPSA) is 35.5 Å². The molecule has 4 atom stereocenters. The van der Waals surface area contributed by atoms with Crippen LogP contribution in [0.4, 0.5) is 0 Å². The van der Waals surface area contributed by atoms with Crippen LogP contribution in [0.3, 0.4) is 0 Å². The summed E-state index contributed by atoms with van der Waals surface area (Å²) in [5.41, 5.74) is 0. The maximum absolute atomic E-state index is 9.08. The first kappa shape index (κ1) is 17.2. The molecule has 2 rings (SSSR count). The van der Waals surface area contributed by atoms with Gasteiger partial charge in [0, 0.05) is 25.2 Å². The van der Waals surface area contributed by atoms with Gasteiger partial charge in [-0.05, 0) is 70.4 Å². The Morgan fingerprint density at radius 3 is 2.76 bits per heavy atom. The summed E-state index contributed by atoms with van der Waals surface area (Å²) in [6.45, 7) is 5.24. The number of likely N-dealkylation sites (tertiary alicyclic amines) is 1. The molecule has 0 amide bonds. The second-order valence-corrected chi connectivity index (χ2v) is 7.28. The Hall–Kier alpha value is -0.120. The Morgan fingerprint density at radius 1 is 1.19 bits per heavy atom. The number of hydrogen-bond donors (Lipinski definition) is 2. The molecule has 0 spiro atoms. The summed E-state index contributed by atoms with van der Waals surface area (Å²) in [4.78, 5) is 2.74. The monoisotopic (exact) mass is 296 g/mol. The average molecular weight is 296 g/mol. The van der Waals surface area contributed by atoms with Crippen molar-refractivity contribution in [1.29, 1.82) is 0 Å². The van der Waals surface area contributed by atoms with Gasteiger partial charge < -0.3 is 15.3 Å². The molecule has 2 N–H and O–H groups in total. The summed E-state index contributed by atoms with van der Waals surface area (Å²) in [7, 11) is 2.14. The Labute approximate surface area is 131 Å². The molecule has 0 aromatic carbocycles. The van der Waals surface area contributed by atoms with Crippen LogP contribution in [0.2, 0.25) is 0 Å². The fraction of sp³-hybridized carbons (Fsp3) is 1.00. The highest BCUT2D eigenvalue weighted by molar-refractivity contribution is 4.89. The Bertz CT molecular complexity index is 284. The predicted molar refractivity (Wildman–Crippen MR) is 89.5 cm³/mol. The first-order chi connectivity index (χ1) is 10.3. The molecule has 1 aliphatic heterocycles. The third-order valence-electron chi connectivity index (χ3n) is 5.82. The van der Waals surface area contributed by atoms with Crippen LogP contribution in [0.15, 0.2) is 0 Å². The molecule has 3 heteroatoms. The number of aliphatic hydroxyl groups excluding tert-OH is 1. The van der Waals surface area contributed by atoms with Crippen LogP contribution in [0.25, 0.3) is 0 Å². The molecule has 0 aromatic rings. The zero-order valence-electron chi connectivity index (χ0n) is 14.2. The lowest BCUT2D eigenvalue weighted by molar-refractivity contribution is 0.125. The van der Waals surface area contributed by atoms with Gasteiger partial charge in [-0.2, -0.15) is 0 Å². The van der Waals surface area contributed by atoms with Crippen LogP contribution in [0, 0.1) is 11.8 Å². The fourth-order valence-corrected chi connectivity index (χ4v) is 4.70. The van der Waals surface area contributed by atoms with Crippen molar-refractivity contribution in [3.63, 3.8) is 0 Å². The van der Waals surface area contributed by atoms with E-state index in [4.69, 9.17) is 5.11 Å². The summed E-state index contributed by atoms with van der Waals surface area (Å²) in [5.74, 6) is 1.79. The Kier molecular flexibility index (Phi) is 7.48. The minimum absolute atomic E-state index is 0.353. The third kappa shape index (κ3) is 4.94. The van der Waals surface area contributed by atoms with E-state index < -0.39 is 0 Å². The highest BCUT2D eigenvalue weighted by Gasteiger charge is 2.33. The molecule has 3 nitrogen and oxygen atoms in total. The minimum Gasteiger partial charge on any atom is -0.396 e. The van der Waals surface area contributed by atoms with E-state index in [1.807, 2.05) is 0 Å². The van der Waals surface area contributed by atoms with Crippen molar-refractivity contribution in [1.82, 2.24) is 10.2 Å². The molecule has 1 saturated carbocycles. The van der Waals surface area contributed by atoms with Gasteiger partial charge in [0.25, 0.3) is 0 Å². The molecule has 0 aromatic heterocycles. The fourth-order valence-electron chi connectivity index (χ4n) is 4.70. The van der Waals surface area contributed by atoms with Gasteiger partial charge in [-0.1, -0.05) is 19.8 Å². The van der Waals surface area contributed by atoms with Crippen molar-refractivity contribution in [2.24, 2.45) is 11.8 Å². The van der Waals surface area contributed by atoms with Crippen molar-refractivity contribution in [3.05, 3.63) is 0 Å². The number of nitrogens with one attached hydrogen (secondary N) is 1. The summed E-state index contributed by atoms with van der Waals surface area (Å²) >= 11 is 0. The van der Waals surface area contributed by atoms with Gasteiger partial charge in [0.2, 0.25) is 0 Å². The molecular weight excluding hydrogens is 260 g/mol. The maximum Gasteiger partial charge on any atom is 0.0431 e. The summed E-state index contributed by atoms with van der Waals surface area (Å²) in [5, 5.41) is 12.7. The molecule has 4 unspecified atom stereocenters. The maximum atomic E-state index is 9.08. The largest absolute Gasteiger partial charge is 0.396 e. The summed E-state index contributed by atoms with van der Waals surface area (Å²) in [6, 6.07) is 1.46. The quantitative estimate of drug-likeness (QED) is 0.723. The van der Waals surface area contributed by atoms with Crippen molar-refractivity contribution in [3.8, 4) is 0 Å². The molecule has 1 heterocycles. The van der Waals surface area contributed by atoms with Crippen LogP contribution >= 0.6 is 0 Å².